The summed E-state index contributed by atoms with van der Waals surface area (Å²) in [5.74, 6) is 0.142. The van der Waals surface area contributed by atoms with Crippen molar-refractivity contribution in [3.05, 3.63) is 35.2 Å². The molecule has 1 N–H and O–H groups in total. The van der Waals surface area contributed by atoms with Crippen LogP contribution in [0.5, 0.6) is 0 Å². The molecule has 4 nitrogen and oxygen atoms in total. The molecule has 2 aromatic rings. The summed E-state index contributed by atoms with van der Waals surface area (Å²) in [5, 5.41) is 9.54. The number of hydrogen-bond acceptors (Lipinski definition) is 4. The lowest BCUT2D eigenvalue weighted by Gasteiger charge is -2.15. The fourth-order valence-corrected chi connectivity index (χ4v) is 5.15. The monoisotopic (exact) mass is 330 g/mol. The van der Waals surface area contributed by atoms with Crippen LogP contribution in [-0.4, -0.2) is 18.4 Å². The highest BCUT2D eigenvalue weighted by Gasteiger charge is 2.30. The molecule has 23 heavy (non-hydrogen) atoms. The number of sulfone groups is 1. The van der Waals surface area contributed by atoms with Gasteiger partial charge in [0.2, 0.25) is 9.84 Å². The molecule has 0 radical (unpaired) electrons. The van der Waals surface area contributed by atoms with E-state index in [9.17, 15) is 8.42 Å². The Bertz CT molecular complexity index is 899. The van der Waals surface area contributed by atoms with Crippen molar-refractivity contribution in [2.24, 2.45) is 5.92 Å². The first-order valence-electron chi connectivity index (χ1n) is 8.04. The molecular formula is C18H22N2O2S. The SMILES string of the molecule is Cc1cc2c(S(=O)(=O)C(=N)CC(C)C)c3c(cc2cn1)CCC3. The smallest absolute Gasteiger partial charge is 0.220 e. The van der Waals surface area contributed by atoms with Gasteiger partial charge < -0.3 is 0 Å². The molecule has 0 aliphatic heterocycles. The number of benzene rings is 1. The first-order valence-corrected chi connectivity index (χ1v) is 9.52. The third-order valence-electron chi connectivity index (χ3n) is 4.37. The molecule has 0 saturated heterocycles. The number of nitrogens with zero attached hydrogens (tertiary/aromatic N) is 1. The van der Waals surface area contributed by atoms with Crippen molar-refractivity contribution < 1.29 is 8.42 Å². The largest absolute Gasteiger partial charge is 0.293 e. The molecule has 1 aliphatic rings. The normalized spacial score (nSPS) is 14.4. The zero-order valence-corrected chi connectivity index (χ0v) is 14.6. The number of nitrogens with one attached hydrogen (secondary N) is 1. The molecule has 0 spiro atoms. The van der Waals surface area contributed by atoms with E-state index in [-0.39, 0.29) is 17.4 Å². The maximum absolute atomic E-state index is 13.1. The molecule has 0 fully saturated rings. The zero-order valence-electron chi connectivity index (χ0n) is 13.8. The lowest BCUT2D eigenvalue weighted by atomic mass is 10.0. The first kappa shape index (κ1) is 16.1. The number of pyridine rings is 1. The van der Waals surface area contributed by atoms with Crippen LogP contribution in [0.15, 0.2) is 23.2 Å². The Morgan fingerprint density at radius 1 is 1.30 bits per heavy atom. The lowest BCUT2D eigenvalue weighted by molar-refractivity contribution is 0.602. The lowest BCUT2D eigenvalue weighted by Crippen LogP contribution is -2.18. The molecule has 0 amide bonds. The van der Waals surface area contributed by atoms with Crippen molar-refractivity contribution in [2.75, 3.05) is 0 Å². The Morgan fingerprint density at radius 2 is 2.04 bits per heavy atom. The second-order valence-corrected chi connectivity index (χ2v) is 8.68. The number of fused-ring (bicyclic) bond motifs is 2. The van der Waals surface area contributed by atoms with Gasteiger partial charge in [-0.3, -0.25) is 10.4 Å². The van der Waals surface area contributed by atoms with Crippen molar-refractivity contribution in [1.29, 1.82) is 5.41 Å². The molecule has 1 heterocycles. The minimum Gasteiger partial charge on any atom is -0.293 e. The second-order valence-electron chi connectivity index (χ2n) is 6.77. The van der Waals surface area contributed by atoms with Crippen molar-refractivity contribution >= 4 is 25.7 Å². The number of aryl methyl sites for hydroxylation is 2. The summed E-state index contributed by atoms with van der Waals surface area (Å²) in [4.78, 5) is 4.66. The van der Waals surface area contributed by atoms with Crippen LogP contribution in [0.4, 0.5) is 0 Å². The molecule has 3 rings (SSSR count). The molecule has 5 heteroatoms. The van der Waals surface area contributed by atoms with Gasteiger partial charge in [-0.1, -0.05) is 13.8 Å². The molecule has 122 valence electrons. The topological polar surface area (TPSA) is 70.9 Å². The van der Waals surface area contributed by atoms with E-state index in [0.29, 0.717) is 10.3 Å². The fourth-order valence-electron chi connectivity index (χ4n) is 3.33. The van der Waals surface area contributed by atoms with E-state index < -0.39 is 9.84 Å². The third kappa shape index (κ3) is 2.78. The van der Waals surface area contributed by atoms with Crippen LogP contribution < -0.4 is 0 Å². The first-order chi connectivity index (χ1) is 10.8. The average molecular weight is 330 g/mol. The van der Waals surface area contributed by atoms with E-state index >= 15 is 0 Å². The predicted octanol–water partition coefficient (Wildman–Crippen LogP) is 3.83. The van der Waals surface area contributed by atoms with Gasteiger partial charge >= 0.3 is 0 Å². The number of aromatic nitrogens is 1. The Morgan fingerprint density at radius 3 is 2.74 bits per heavy atom. The van der Waals surface area contributed by atoms with Gasteiger partial charge in [0, 0.05) is 29.1 Å². The van der Waals surface area contributed by atoms with Gasteiger partial charge in [0.05, 0.1) is 4.90 Å². The number of hydrogen-bond donors (Lipinski definition) is 1. The van der Waals surface area contributed by atoms with Crippen LogP contribution in [0.25, 0.3) is 10.8 Å². The molecule has 1 aliphatic carbocycles. The minimum atomic E-state index is -3.75. The van der Waals surface area contributed by atoms with Gasteiger partial charge in [-0.25, -0.2) is 8.42 Å². The van der Waals surface area contributed by atoms with Gasteiger partial charge in [0.15, 0.2) is 0 Å². The van der Waals surface area contributed by atoms with Crippen molar-refractivity contribution in [3.63, 3.8) is 0 Å². The van der Waals surface area contributed by atoms with Gasteiger partial charge in [0.25, 0.3) is 0 Å². The average Bonchev–Trinajstić information content (AvgIpc) is 2.91. The van der Waals surface area contributed by atoms with E-state index in [1.54, 1.807) is 6.20 Å². The second kappa shape index (κ2) is 5.71. The highest BCUT2D eigenvalue weighted by atomic mass is 32.2. The summed E-state index contributed by atoms with van der Waals surface area (Å²) in [5.41, 5.74) is 2.80. The summed E-state index contributed by atoms with van der Waals surface area (Å²) in [6.45, 7) is 5.74. The van der Waals surface area contributed by atoms with Gasteiger partial charge in [-0.2, -0.15) is 0 Å². The third-order valence-corrected chi connectivity index (χ3v) is 6.19. The Kier molecular flexibility index (Phi) is 4.00. The summed E-state index contributed by atoms with van der Waals surface area (Å²) in [7, 11) is -3.75. The van der Waals surface area contributed by atoms with Crippen LogP contribution in [0.2, 0.25) is 0 Å². The highest BCUT2D eigenvalue weighted by molar-refractivity contribution is 8.06. The molecule has 0 saturated carbocycles. The van der Waals surface area contributed by atoms with E-state index in [0.717, 1.165) is 41.5 Å². The maximum atomic E-state index is 13.1. The van der Waals surface area contributed by atoms with Gasteiger partial charge in [0.1, 0.15) is 5.04 Å². The Labute approximate surface area is 137 Å². The number of rotatable bonds is 3. The fraction of sp³-hybridized carbons (Fsp3) is 0.444. The minimum absolute atomic E-state index is 0.142. The van der Waals surface area contributed by atoms with Crippen LogP contribution in [0.1, 0.15) is 43.5 Å². The summed E-state index contributed by atoms with van der Waals surface area (Å²) >= 11 is 0. The molecular weight excluding hydrogens is 308 g/mol. The van der Waals surface area contributed by atoms with Gasteiger partial charge in [-0.05, 0) is 55.4 Å². The molecule has 0 atom stereocenters. The van der Waals surface area contributed by atoms with E-state index in [2.05, 4.69) is 11.1 Å². The van der Waals surface area contributed by atoms with Gasteiger partial charge in [-0.15, -0.1) is 0 Å². The van der Waals surface area contributed by atoms with Crippen LogP contribution in [0.3, 0.4) is 0 Å². The predicted molar refractivity (Wildman–Crippen MR) is 92.9 cm³/mol. The zero-order chi connectivity index (χ0) is 16.8. The van der Waals surface area contributed by atoms with Crippen LogP contribution >= 0.6 is 0 Å². The van der Waals surface area contributed by atoms with Crippen LogP contribution in [0, 0.1) is 18.3 Å². The summed E-state index contributed by atoms with van der Waals surface area (Å²) < 4.78 is 26.2. The highest BCUT2D eigenvalue weighted by Crippen LogP contribution is 2.36. The van der Waals surface area contributed by atoms with Crippen LogP contribution in [-0.2, 0) is 22.7 Å². The maximum Gasteiger partial charge on any atom is 0.220 e. The van der Waals surface area contributed by atoms with E-state index in [4.69, 9.17) is 5.41 Å². The van der Waals surface area contributed by atoms with Crippen molar-refractivity contribution in [1.82, 2.24) is 4.98 Å². The summed E-state index contributed by atoms with van der Waals surface area (Å²) in [6, 6.07) is 3.90. The Balaban J connectivity index is 2.31. The van der Waals surface area contributed by atoms with Crippen molar-refractivity contribution in [3.8, 4) is 0 Å². The summed E-state index contributed by atoms with van der Waals surface area (Å²) in [6.07, 6.45) is 4.67. The van der Waals surface area contributed by atoms with Crippen molar-refractivity contribution in [2.45, 2.75) is 51.3 Å². The van der Waals surface area contributed by atoms with E-state index in [1.165, 1.54) is 0 Å². The standard InChI is InChI=1S/C18H22N2O2S/c1-11(2)7-17(19)23(21,22)18-15-6-4-5-13(15)9-14-10-20-12(3)8-16(14)18/h8-11,19H,4-7H2,1-3H3. The molecule has 1 aromatic carbocycles. The molecule has 0 unspecified atom stereocenters. The molecule has 0 bridgehead atoms. The van der Waals surface area contributed by atoms with E-state index in [1.807, 2.05) is 26.8 Å². The molecule has 1 aromatic heterocycles. The quantitative estimate of drug-likeness (QED) is 0.687. The Hall–Kier alpha value is -1.75.